The van der Waals surface area contributed by atoms with Crippen LogP contribution in [0.3, 0.4) is 0 Å². The van der Waals surface area contributed by atoms with Gasteiger partial charge >= 0.3 is 0 Å². The SMILES string of the molecule is O=C(C1CCCN1S(=O)(=O)c1c(Cl)cc(Br)cc1Cl)N1CCOCC1. The summed E-state index contributed by atoms with van der Waals surface area (Å²) >= 11 is 15.5. The first-order valence-electron chi connectivity index (χ1n) is 7.85. The van der Waals surface area contributed by atoms with Crippen molar-refractivity contribution in [3.63, 3.8) is 0 Å². The van der Waals surface area contributed by atoms with Crippen LogP contribution >= 0.6 is 39.1 Å². The van der Waals surface area contributed by atoms with Crippen LogP contribution in [0.1, 0.15) is 12.8 Å². The Morgan fingerprint density at radius 2 is 1.76 bits per heavy atom. The highest BCUT2D eigenvalue weighted by Crippen LogP contribution is 2.37. The second-order valence-corrected chi connectivity index (χ2v) is 9.47. The van der Waals surface area contributed by atoms with Gasteiger partial charge in [-0.25, -0.2) is 8.42 Å². The normalized spacial score (nSPS) is 22.4. The van der Waals surface area contributed by atoms with Gasteiger partial charge in [0.1, 0.15) is 10.9 Å². The smallest absolute Gasteiger partial charge is 0.246 e. The number of carbonyl (C=O) groups is 1. The lowest BCUT2D eigenvalue weighted by molar-refractivity contribution is -0.138. The minimum absolute atomic E-state index is 0.0313. The van der Waals surface area contributed by atoms with Crippen molar-refractivity contribution in [2.75, 3.05) is 32.8 Å². The highest BCUT2D eigenvalue weighted by atomic mass is 79.9. The van der Waals surface area contributed by atoms with Gasteiger partial charge in [-0.05, 0) is 25.0 Å². The van der Waals surface area contributed by atoms with Gasteiger partial charge in [0.25, 0.3) is 0 Å². The van der Waals surface area contributed by atoms with Crippen LogP contribution < -0.4 is 0 Å². The Labute approximate surface area is 165 Å². The molecule has 10 heteroatoms. The Hall–Kier alpha value is -0.380. The number of sulfonamides is 1. The number of ether oxygens (including phenoxy) is 1. The van der Waals surface area contributed by atoms with Gasteiger partial charge < -0.3 is 9.64 Å². The number of nitrogens with zero attached hydrogens (tertiary/aromatic N) is 2. The van der Waals surface area contributed by atoms with E-state index < -0.39 is 16.1 Å². The predicted octanol–water partition coefficient (Wildman–Crippen LogP) is 2.77. The van der Waals surface area contributed by atoms with Crippen LogP contribution in [-0.4, -0.2) is 62.4 Å². The highest BCUT2D eigenvalue weighted by Gasteiger charge is 2.42. The molecule has 0 spiro atoms. The van der Waals surface area contributed by atoms with Crippen molar-refractivity contribution < 1.29 is 17.9 Å². The summed E-state index contributed by atoms with van der Waals surface area (Å²) in [4.78, 5) is 14.3. The van der Waals surface area contributed by atoms with Gasteiger partial charge in [-0.1, -0.05) is 39.1 Å². The molecule has 138 valence electrons. The Bertz CT molecular complexity index is 761. The summed E-state index contributed by atoms with van der Waals surface area (Å²) in [5, 5.41) is 0.0627. The lowest BCUT2D eigenvalue weighted by Gasteiger charge is -2.32. The third-order valence-electron chi connectivity index (χ3n) is 4.34. The molecule has 1 unspecified atom stereocenters. The second-order valence-electron chi connectivity index (χ2n) is 5.91. The molecule has 2 aliphatic heterocycles. The van der Waals surface area contributed by atoms with Gasteiger partial charge in [0, 0.05) is 24.1 Å². The molecule has 2 heterocycles. The third kappa shape index (κ3) is 3.84. The van der Waals surface area contributed by atoms with E-state index in [1.165, 1.54) is 16.4 Å². The third-order valence-corrected chi connectivity index (χ3v) is 7.63. The molecule has 0 aromatic heterocycles. The Morgan fingerprint density at radius 1 is 1.16 bits per heavy atom. The molecule has 0 radical (unpaired) electrons. The fourth-order valence-electron chi connectivity index (χ4n) is 3.16. The van der Waals surface area contributed by atoms with Crippen LogP contribution in [0.15, 0.2) is 21.5 Å². The van der Waals surface area contributed by atoms with E-state index in [-0.39, 0.29) is 27.4 Å². The molecule has 1 amide bonds. The monoisotopic (exact) mass is 470 g/mol. The maximum absolute atomic E-state index is 13.1. The molecule has 2 fully saturated rings. The zero-order valence-corrected chi connectivity index (χ0v) is 17.2. The summed E-state index contributed by atoms with van der Waals surface area (Å²) in [6.07, 6.45) is 1.10. The maximum Gasteiger partial charge on any atom is 0.246 e. The highest BCUT2D eigenvalue weighted by molar-refractivity contribution is 9.10. The molecule has 1 aromatic carbocycles. The van der Waals surface area contributed by atoms with Gasteiger partial charge in [-0.3, -0.25) is 4.79 Å². The number of benzene rings is 1. The van der Waals surface area contributed by atoms with Crippen molar-refractivity contribution >= 4 is 55.1 Å². The second kappa shape index (κ2) is 7.70. The fourth-order valence-corrected chi connectivity index (χ4v) is 6.70. The summed E-state index contributed by atoms with van der Waals surface area (Å²) in [6, 6.07) is 2.24. The molecule has 2 aliphatic rings. The van der Waals surface area contributed by atoms with Crippen LogP contribution in [0.4, 0.5) is 0 Å². The van der Waals surface area contributed by atoms with E-state index in [4.69, 9.17) is 27.9 Å². The molecular formula is C15H17BrCl2N2O4S. The Balaban J connectivity index is 1.92. The largest absolute Gasteiger partial charge is 0.378 e. The van der Waals surface area contributed by atoms with Gasteiger partial charge in [0.05, 0.1) is 23.3 Å². The number of hydrogen-bond acceptors (Lipinski definition) is 4. The average Bonchev–Trinajstić information content (AvgIpc) is 3.04. The van der Waals surface area contributed by atoms with Crippen molar-refractivity contribution in [2.45, 2.75) is 23.8 Å². The van der Waals surface area contributed by atoms with E-state index in [0.717, 1.165) is 0 Å². The lowest BCUT2D eigenvalue weighted by atomic mass is 10.2. The number of hydrogen-bond donors (Lipinski definition) is 0. The molecule has 0 aliphatic carbocycles. The van der Waals surface area contributed by atoms with Gasteiger partial charge in [-0.15, -0.1) is 0 Å². The molecule has 1 aromatic rings. The van der Waals surface area contributed by atoms with E-state index in [2.05, 4.69) is 15.9 Å². The summed E-state index contributed by atoms with van der Waals surface area (Å²) in [6.45, 7) is 2.16. The standard InChI is InChI=1S/C15H17BrCl2N2O4S/c16-10-8-11(17)14(12(18)9-10)25(22,23)20-3-1-2-13(20)15(21)19-4-6-24-7-5-19/h8-9,13H,1-7H2. The number of morpholine rings is 1. The van der Waals surface area contributed by atoms with Crippen LogP contribution in [0.25, 0.3) is 0 Å². The van der Waals surface area contributed by atoms with Crippen LogP contribution in [0.2, 0.25) is 10.0 Å². The van der Waals surface area contributed by atoms with Crippen LogP contribution in [0, 0.1) is 0 Å². The number of rotatable bonds is 3. The summed E-state index contributed by atoms with van der Waals surface area (Å²) in [7, 11) is -3.98. The predicted molar refractivity (Wildman–Crippen MR) is 98.5 cm³/mol. The van der Waals surface area contributed by atoms with Crippen molar-refractivity contribution in [2.24, 2.45) is 0 Å². The van der Waals surface area contributed by atoms with Crippen molar-refractivity contribution in [1.29, 1.82) is 0 Å². The first-order chi connectivity index (χ1) is 11.8. The first kappa shape index (κ1) is 19.4. The zero-order valence-electron chi connectivity index (χ0n) is 13.3. The number of carbonyl (C=O) groups excluding carboxylic acids is 1. The van der Waals surface area contributed by atoms with E-state index in [0.29, 0.717) is 43.6 Å². The average molecular weight is 472 g/mol. The molecule has 1 atom stereocenters. The van der Waals surface area contributed by atoms with Gasteiger partial charge in [0.2, 0.25) is 15.9 Å². The van der Waals surface area contributed by atoms with Crippen molar-refractivity contribution in [3.05, 3.63) is 26.7 Å². The molecule has 3 rings (SSSR count). The van der Waals surface area contributed by atoms with E-state index in [9.17, 15) is 13.2 Å². The minimum Gasteiger partial charge on any atom is -0.378 e. The summed E-state index contributed by atoms with van der Waals surface area (Å²) < 4.78 is 33.3. The molecule has 0 N–H and O–H groups in total. The van der Waals surface area contributed by atoms with Crippen molar-refractivity contribution in [1.82, 2.24) is 9.21 Å². The Morgan fingerprint density at radius 3 is 2.36 bits per heavy atom. The maximum atomic E-state index is 13.1. The van der Waals surface area contributed by atoms with E-state index >= 15 is 0 Å². The molecule has 25 heavy (non-hydrogen) atoms. The fraction of sp³-hybridized carbons (Fsp3) is 0.533. The molecular weight excluding hydrogens is 455 g/mol. The molecule has 2 saturated heterocycles. The lowest BCUT2D eigenvalue weighted by Crippen LogP contribution is -2.51. The van der Waals surface area contributed by atoms with Crippen LogP contribution in [-0.2, 0) is 19.6 Å². The quantitative estimate of drug-likeness (QED) is 0.679. The van der Waals surface area contributed by atoms with Gasteiger partial charge in [0.15, 0.2) is 0 Å². The molecule has 0 saturated carbocycles. The number of amides is 1. The van der Waals surface area contributed by atoms with E-state index in [1.54, 1.807) is 4.90 Å². The number of halogens is 3. The Kier molecular flexibility index (Phi) is 5.97. The topological polar surface area (TPSA) is 66.9 Å². The van der Waals surface area contributed by atoms with Gasteiger partial charge in [-0.2, -0.15) is 4.31 Å². The van der Waals surface area contributed by atoms with E-state index in [1.807, 2.05) is 0 Å². The summed E-state index contributed by atoms with van der Waals surface area (Å²) in [5.74, 6) is -0.186. The molecule has 0 bridgehead atoms. The summed E-state index contributed by atoms with van der Waals surface area (Å²) in [5.41, 5.74) is 0. The first-order valence-corrected chi connectivity index (χ1v) is 10.8. The zero-order chi connectivity index (χ0) is 18.2. The van der Waals surface area contributed by atoms with Crippen molar-refractivity contribution in [3.8, 4) is 0 Å². The van der Waals surface area contributed by atoms with Crippen LogP contribution in [0.5, 0.6) is 0 Å². The molecule has 6 nitrogen and oxygen atoms in total. The minimum atomic E-state index is -3.98.